The highest BCUT2D eigenvalue weighted by atomic mass is 15.1. The summed E-state index contributed by atoms with van der Waals surface area (Å²) in [6.07, 6.45) is 1.50. The SMILES string of the molecule is C/N=C(C)\C=N/N. The van der Waals surface area contributed by atoms with Crippen molar-refractivity contribution in [2.45, 2.75) is 6.92 Å². The van der Waals surface area contributed by atoms with Crippen molar-refractivity contribution >= 4 is 11.9 Å². The highest BCUT2D eigenvalue weighted by Gasteiger charge is 1.73. The second-order valence-corrected chi connectivity index (χ2v) is 1.14. The van der Waals surface area contributed by atoms with Crippen molar-refractivity contribution in [3.05, 3.63) is 0 Å². The zero-order valence-electron chi connectivity index (χ0n) is 4.55. The van der Waals surface area contributed by atoms with E-state index in [1.807, 2.05) is 6.92 Å². The van der Waals surface area contributed by atoms with E-state index in [0.717, 1.165) is 5.71 Å². The second-order valence-electron chi connectivity index (χ2n) is 1.14. The third kappa shape index (κ3) is 2.96. The topological polar surface area (TPSA) is 50.7 Å². The van der Waals surface area contributed by atoms with Gasteiger partial charge in [-0.25, -0.2) is 0 Å². The summed E-state index contributed by atoms with van der Waals surface area (Å²) >= 11 is 0. The summed E-state index contributed by atoms with van der Waals surface area (Å²) in [4.78, 5) is 3.77. The van der Waals surface area contributed by atoms with E-state index in [9.17, 15) is 0 Å². The van der Waals surface area contributed by atoms with Crippen LogP contribution in [0.2, 0.25) is 0 Å². The maximum absolute atomic E-state index is 4.79. The van der Waals surface area contributed by atoms with Gasteiger partial charge in [-0.3, -0.25) is 4.99 Å². The van der Waals surface area contributed by atoms with E-state index in [1.165, 1.54) is 6.21 Å². The van der Waals surface area contributed by atoms with Crippen LogP contribution < -0.4 is 5.84 Å². The standard InChI is InChI=1S/C4H9N3/c1-4(6-2)3-7-5/h3H,5H2,1-2H3/b6-4-,7-3-. The van der Waals surface area contributed by atoms with Crippen molar-refractivity contribution in [1.82, 2.24) is 0 Å². The normalized spacial score (nSPS) is 13.1. The van der Waals surface area contributed by atoms with Crippen molar-refractivity contribution in [1.29, 1.82) is 0 Å². The molecule has 0 saturated carbocycles. The maximum Gasteiger partial charge on any atom is 0.0673 e. The number of nitrogens with two attached hydrogens (primary N) is 1. The molecule has 0 radical (unpaired) electrons. The monoisotopic (exact) mass is 99.1 g/mol. The van der Waals surface area contributed by atoms with Gasteiger partial charge in [0.05, 0.1) is 11.9 Å². The fourth-order valence-electron chi connectivity index (χ4n) is 0.166. The summed E-state index contributed by atoms with van der Waals surface area (Å²) < 4.78 is 0. The fraction of sp³-hybridized carbons (Fsp3) is 0.500. The first kappa shape index (κ1) is 6.14. The van der Waals surface area contributed by atoms with Gasteiger partial charge in [0.2, 0.25) is 0 Å². The Hall–Kier alpha value is -0.860. The zero-order valence-corrected chi connectivity index (χ0v) is 4.55. The molecular formula is C4H9N3. The first-order valence-corrected chi connectivity index (χ1v) is 1.98. The zero-order chi connectivity index (χ0) is 5.70. The molecule has 3 nitrogen and oxygen atoms in total. The predicted molar refractivity (Wildman–Crippen MR) is 31.7 cm³/mol. The summed E-state index contributed by atoms with van der Waals surface area (Å²) in [6, 6.07) is 0. The van der Waals surface area contributed by atoms with Gasteiger partial charge in [0.15, 0.2) is 0 Å². The molecule has 0 fully saturated rings. The molecule has 0 unspecified atom stereocenters. The summed E-state index contributed by atoms with van der Waals surface area (Å²) in [6.45, 7) is 1.83. The molecule has 40 valence electrons. The summed E-state index contributed by atoms with van der Waals surface area (Å²) in [5.74, 6) is 4.79. The molecule has 3 heteroatoms. The number of hydrazone groups is 1. The first-order chi connectivity index (χ1) is 3.31. The van der Waals surface area contributed by atoms with Crippen molar-refractivity contribution in [2.75, 3.05) is 7.05 Å². The molecular weight excluding hydrogens is 90.1 g/mol. The smallest absolute Gasteiger partial charge is 0.0673 e. The van der Waals surface area contributed by atoms with E-state index < -0.39 is 0 Å². The van der Waals surface area contributed by atoms with Crippen LogP contribution in [0, 0.1) is 0 Å². The second kappa shape index (κ2) is 3.33. The first-order valence-electron chi connectivity index (χ1n) is 1.98. The molecule has 0 bridgehead atoms. The summed E-state index contributed by atoms with van der Waals surface area (Å²) in [5, 5.41) is 3.25. The summed E-state index contributed by atoms with van der Waals surface area (Å²) in [7, 11) is 1.69. The number of nitrogens with zero attached hydrogens (tertiary/aromatic N) is 2. The molecule has 0 spiro atoms. The van der Waals surface area contributed by atoms with Gasteiger partial charge in [0.25, 0.3) is 0 Å². The Kier molecular flexibility index (Phi) is 2.92. The van der Waals surface area contributed by atoms with Crippen molar-refractivity contribution in [3.63, 3.8) is 0 Å². The third-order valence-corrected chi connectivity index (χ3v) is 0.614. The van der Waals surface area contributed by atoms with E-state index >= 15 is 0 Å². The van der Waals surface area contributed by atoms with E-state index in [2.05, 4.69) is 10.1 Å². The van der Waals surface area contributed by atoms with Crippen LogP contribution in [0.4, 0.5) is 0 Å². The molecule has 0 atom stereocenters. The van der Waals surface area contributed by atoms with Crippen molar-refractivity contribution in [2.24, 2.45) is 15.9 Å². The Morgan fingerprint density at radius 1 is 1.71 bits per heavy atom. The lowest BCUT2D eigenvalue weighted by Crippen LogP contribution is -1.94. The molecule has 0 aliphatic carbocycles. The van der Waals surface area contributed by atoms with E-state index in [4.69, 9.17) is 5.84 Å². The van der Waals surface area contributed by atoms with Gasteiger partial charge in [0.1, 0.15) is 0 Å². The lowest BCUT2D eigenvalue weighted by atomic mass is 10.5. The fourth-order valence-corrected chi connectivity index (χ4v) is 0.166. The molecule has 0 rings (SSSR count). The summed E-state index contributed by atoms with van der Waals surface area (Å²) in [5.41, 5.74) is 0.836. The molecule has 7 heavy (non-hydrogen) atoms. The van der Waals surface area contributed by atoms with Crippen LogP contribution in [-0.4, -0.2) is 19.0 Å². The van der Waals surface area contributed by atoms with Crippen LogP contribution in [0.25, 0.3) is 0 Å². The van der Waals surface area contributed by atoms with Gasteiger partial charge in [-0.1, -0.05) is 0 Å². The van der Waals surface area contributed by atoms with Gasteiger partial charge in [-0.05, 0) is 6.92 Å². The number of aliphatic imine (C=N–C) groups is 1. The number of hydrogen-bond acceptors (Lipinski definition) is 3. The van der Waals surface area contributed by atoms with E-state index in [1.54, 1.807) is 7.05 Å². The van der Waals surface area contributed by atoms with Gasteiger partial charge in [0, 0.05) is 7.05 Å². The number of rotatable bonds is 1. The molecule has 0 aliphatic heterocycles. The molecule has 0 amide bonds. The molecule has 0 heterocycles. The Bertz CT molecular complexity index is 93.1. The minimum absolute atomic E-state index is 0.836. The number of hydrogen-bond donors (Lipinski definition) is 1. The average Bonchev–Trinajstić information content (AvgIpc) is 1.68. The minimum atomic E-state index is 0.836. The van der Waals surface area contributed by atoms with Crippen LogP contribution in [0.5, 0.6) is 0 Å². The Labute approximate surface area is 42.9 Å². The quantitative estimate of drug-likeness (QED) is 0.281. The van der Waals surface area contributed by atoms with Crippen LogP contribution in [0.15, 0.2) is 10.1 Å². The van der Waals surface area contributed by atoms with Gasteiger partial charge >= 0.3 is 0 Å². The molecule has 0 aliphatic rings. The third-order valence-electron chi connectivity index (χ3n) is 0.614. The Morgan fingerprint density at radius 3 is 2.43 bits per heavy atom. The van der Waals surface area contributed by atoms with Gasteiger partial charge in [-0.2, -0.15) is 5.10 Å². The maximum atomic E-state index is 4.79. The van der Waals surface area contributed by atoms with Gasteiger partial charge in [-0.15, -0.1) is 0 Å². The Balaban J connectivity index is 3.58. The Morgan fingerprint density at radius 2 is 2.29 bits per heavy atom. The largest absolute Gasteiger partial charge is 0.323 e. The predicted octanol–water partition coefficient (Wildman–Crippen LogP) is 0.0216. The van der Waals surface area contributed by atoms with Crippen LogP contribution in [-0.2, 0) is 0 Å². The molecule has 0 aromatic heterocycles. The van der Waals surface area contributed by atoms with E-state index in [-0.39, 0.29) is 0 Å². The van der Waals surface area contributed by atoms with Gasteiger partial charge < -0.3 is 5.84 Å². The average molecular weight is 99.1 g/mol. The van der Waals surface area contributed by atoms with Crippen LogP contribution in [0.3, 0.4) is 0 Å². The highest BCUT2D eigenvalue weighted by molar-refractivity contribution is 6.29. The highest BCUT2D eigenvalue weighted by Crippen LogP contribution is 1.64. The van der Waals surface area contributed by atoms with Crippen LogP contribution in [0.1, 0.15) is 6.92 Å². The minimum Gasteiger partial charge on any atom is -0.323 e. The molecule has 2 N–H and O–H groups in total. The van der Waals surface area contributed by atoms with Crippen molar-refractivity contribution < 1.29 is 0 Å². The van der Waals surface area contributed by atoms with Crippen molar-refractivity contribution in [3.8, 4) is 0 Å². The molecule has 0 aromatic carbocycles. The lowest BCUT2D eigenvalue weighted by Gasteiger charge is -1.79. The van der Waals surface area contributed by atoms with Crippen LogP contribution >= 0.6 is 0 Å². The lowest BCUT2D eigenvalue weighted by molar-refractivity contribution is 1.27. The van der Waals surface area contributed by atoms with E-state index in [0.29, 0.717) is 0 Å². The molecule has 0 saturated heterocycles. The molecule has 0 aromatic rings.